The first kappa shape index (κ1) is 16.2. The summed E-state index contributed by atoms with van der Waals surface area (Å²) < 4.78 is 1.80. The number of carbonyl (C=O) groups is 2. The molecule has 1 aromatic heterocycles. The molecule has 6 heteroatoms. The van der Waals surface area contributed by atoms with E-state index in [-0.39, 0.29) is 18.5 Å². The second kappa shape index (κ2) is 6.47. The van der Waals surface area contributed by atoms with Gasteiger partial charge in [-0.2, -0.15) is 5.10 Å². The van der Waals surface area contributed by atoms with Crippen LogP contribution in [0, 0.1) is 12.8 Å². The molecule has 0 radical (unpaired) electrons. The van der Waals surface area contributed by atoms with Gasteiger partial charge in [-0.25, -0.2) is 4.68 Å². The van der Waals surface area contributed by atoms with Gasteiger partial charge in [-0.15, -0.1) is 0 Å². The number of hydrogen-bond acceptors (Lipinski definition) is 3. The number of carbonyl (C=O) groups excluding carboxylic acids is 1. The van der Waals surface area contributed by atoms with Gasteiger partial charge in [0.05, 0.1) is 11.6 Å². The van der Waals surface area contributed by atoms with E-state index in [4.69, 9.17) is 0 Å². The van der Waals surface area contributed by atoms with Crippen LogP contribution in [0.3, 0.4) is 0 Å². The first-order valence-electron chi connectivity index (χ1n) is 8.12. The van der Waals surface area contributed by atoms with Gasteiger partial charge in [-0.1, -0.05) is 0 Å². The van der Waals surface area contributed by atoms with E-state index >= 15 is 0 Å². The zero-order valence-electron chi connectivity index (χ0n) is 13.8. The number of aliphatic carboxylic acids is 1. The zero-order valence-corrected chi connectivity index (χ0v) is 13.8. The predicted octanol–water partition coefficient (Wildman–Crippen LogP) is 2.51. The van der Waals surface area contributed by atoms with E-state index < -0.39 is 11.9 Å². The molecular weight excluding hydrogens is 306 g/mol. The Hall–Kier alpha value is -2.63. The Balaban J connectivity index is 1.79. The van der Waals surface area contributed by atoms with Crippen LogP contribution in [0.25, 0.3) is 5.69 Å². The maximum Gasteiger partial charge on any atom is 0.308 e. The fourth-order valence-corrected chi connectivity index (χ4v) is 3.14. The Kier molecular flexibility index (Phi) is 4.38. The molecule has 1 amide bonds. The highest BCUT2D eigenvalue weighted by Gasteiger charge is 2.32. The number of nitrogens with zero attached hydrogens (tertiary/aromatic N) is 3. The van der Waals surface area contributed by atoms with Crippen molar-refractivity contribution in [3.05, 3.63) is 47.8 Å². The van der Waals surface area contributed by atoms with Crippen molar-refractivity contribution in [2.45, 2.75) is 32.7 Å². The lowest BCUT2D eigenvalue weighted by molar-refractivity contribution is -0.143. The summed E-state index contributed by atoms with van der Waals surface area (Å²) in [6.45, 7) is 4.21. The molecule has 1 aliphatic rings. The van der Waals surface area contributed by atoms with Gasteiger partial charge in [0.25, 0.3) is 5.91 Å². The van der Waals surface area contributed by atoms with Gasteiger partial charge < -0.3 is 10.0 Å². The van der Waals surface area contributed by atoms with E-state index in [1.165, 1.54) is 0 Å². The fourth-order valence-electron chi connectivity index (χ4n) is 3.14. The standard InChI is InChI=1S/C18H21N3O3/c1-12-3-4-15(18(23)24)11-20(12)17(22)14-5-7-16(8-6-14)21-13(2)9-10-19-21/h5-10,12,15H,3-4,11H2,1-2H3,(H,23,24). The molecule has 2 heterocycles. The maximum atomic E-state index is 12.8. The Bertz CT molecular complexity index is 751. The normalized spacial score (nSPS) is 20.8. The molecule has 0 saturated carbocycles. The molecule has 1 aromatic carbocycles. The number of rotatable bonds is 3. The number of benzene rings is 1. The zero-order chi connectivity index (χ0) is 17.3. The highest BCUT2D eigenvalue weighted by Crippen LogP contribution is 2.24. The van der Waals surface area contributed by atoms with Crippen molar-refractivity contribution in [3.63, 3.8) is 0 Å². The van der Waals surface area contributed by atoms with Crippen molar-refractivity contribution in [1.29, 1.82) is 0 Å². The number of piperidine rings is 1. The Morgan fingerprint density at radius 3 is 2.46 bits per heavy atom. The summed E-state index contributed by atoms with van der Waals surface area (Å²) in [6.07, 6.45) is 3.07. The van der Waals surface area contributed by atoms with E-state index in [0.29, 0.717) is 18.4 Å². The van der Waals surface area contributed by atoms with Crippen LogP contribution in [-0.2, 0) is 4.79 Å². The number of amides is 1. The van der Waals surface area contributed by atoms with E-state index in [1.54, 1.807) is 27.9 Å². The lowest BCUT2D eigenvalue weighted by Crippen LogP contribution is -2.47. The summed E-state index contributed by atoms with van der Waals surface area (Å²) in [5, 5.41) is 13.5. The summed E-state index contributed by atoms with van der Waals surface area (Å²) in [7, 11) is 0. The molecule has 3 rings (SSSR count). The van der Waals surface area contributed by atoms with Crippen molar-refractivity contribution in [1.82, 2.24) is 14.7 Å². The smallest absolute Gasteiger partial charge is 0.308 e. The number of likely N-dealkylation sites (tertiary alicyclic amines) is 1. The van der Waals surface area contributed by atoms with E-state index in [1.807, 2.05) is 32.0 Å². The number of carboxylic acids is 1. The quantitative estimate of drug-likeness (QED) is 0.940. The van der Waals surface area contributed by atoms with Crippen molar-refractivity contribution >= 4 is 11.9 Å². The van der Waals surface area contributed by atoms with Crippen LogP contribution >= 0.6 is 0 Å². The van der Waals surface area contributed by atoms with Gasteiger partial charge >= 0.3 is 5.97 Å². The lowest BCUT2D eigenvalue weighted by atomic mass is 9.93. The van der Waals surface area contributed by atoms with E-state index in [9.17, 15) is 14.7 Å². The number of aryl methyl sites for hydroxylation is 1. The number of hydrogen-bond donors (Lipinski definition) is 1. The average Bonchev–Trinajstić information content (AvgIpc) is 3.00. The molecule has 2 atom stereocenters. The lowest BCUT2D eigenvalue weighted by Gasteiger charge is -2.36. The van der Waals surface area contributed by atoms with Crippen molar-refractivity contribution < 1.29 is 14.7 Å². The first-order chi connectivity index (χ1) is 11.5. The number of aromatic nitrogens is 2. The van der Waals surface area contributed by atoms with Crippen LogP contribution in [0.4, 0.5) is 0 Å². The molecule has 1 aliphatic heterocycles. The van der Waals surface area contributed by atoms with Crippen molar-refractivity contribution in [3.8, 4) is 5.69 Å². The second-order valence-corrected chi connectivity index (χ2v) is 6.35. The summed E-state index contributed by atoms with van der Waals surface area (Å²) in [5.41, 5.74) is 2.48. The first-order valence-corrected chi connectivity index (χ1v) is 8.12. The highest BCUT2D eigenvalue weighted by atomic mass is 16.4. The molecular formula is C18H21N3O3. The molecule has 1 fully saturated rings. The Morgan fingerprint density at radius 1 is 1.17 bits per heavy atom. The van der Waals surface area contributed by atoms with Crippen LogP contribution < -0.4 is 0 Å². The summed E-state index contributed by atoms with van der Waals surface area (Å²) in [4.78, 5) is 25.7. The molecule has 1 N–H and O–H groups in total. The predicted molar refractivity (Wildman–Crippen MR) is 89.2 cm³/mol. The van der Waals surface area contributed by atoms with Crippen LogP contribution in [-0.4, -0.2) is 44.3 Å². The Labute approximate surface area is 140 Å². The molecule has 126 valence electrons. The van der Waals surface area contributed by atoms with Gasteiger partial charge in [-0.3, -0.25) is 9.59 Å². The largest absolute Gasteiger partial charge is 0.481 e. The van der Waals surface area contributed by atoms with Crippen LogP contribution in [0.2, 0.25) is 0 Å². The summed E-state index contributed by atoms with van der Waals surface area (Å²) in [5.74, 6) is -1.42. The average molecular weight is 327 g/mol. The monoisotopic (exact) mass is 327 g/mol. The minimum atomic E-state index is -0.829. The minimum Gasteiger partial charge on any atom is -0.481 e. The SMILES string of the molecule is Cc1ccnn1-c1ccc(C(=O)N2CC(C(=O)O)CCC2C)cc1. The van der Waals surface area contributed by atoms with Gasteiger partial charge in [0.2, 0.25) is 0 Å². The second-order valence-electron chi connectivity index (χ2n) is 6.35. The third-order valence-corrected chi connectivity index (χ3v) is 4.68. The van der Waals surface area contributed by atoms with Crippen LogP contribution in [0.5, 0.6) is 0 Å². The van der Waals surface area contributed by atoms with E-state index in [0.717, 1.165) is 11.4 Å². The van der Waals surface area contributed by atoms with Crippen molar-refractivity contribution in [2.24, 2.45) is 5.92 Å². The van der Waals surface area contributed by atoms with Gasteiger partial charge in [0.15, 0.2) is 0 Å². The molecule has 2 aromatic rings. The molecule has 24 heavy (non-hydrogen) atoms. The van der Waals surface area contributed by atoms with E-state index in [2.05, 4.69) is 5.10 Å². The highest BCUT2D eigenvalue weighted by molar-refractivity contribution is 5.95. The minimum absolute atomic E-state index is 0.0566. The van der Waals surface area contributed by atoms with Crippen molar-refractivity contribution in [2.75, 3.05) is 6.54 Å². The number of carboxylic acid groups (broad SMARTS) is 1. The Morgan fingerprint density at radius 2 is 1.88 bits per heavy atom. The third kappa shape index (κ3) is 3.04. The molecule has 0 spiro atoms. The molecule has 0 aliphatic carbocycles. The van der Waals surface area contributed by atoms with Gasteiger partial charge in [0.1, 0.15) is 0 Å². The summed E-state index contributed by atoms with van der Waals surface area (Å²) >= 11 is 0. The van der Waals surface area contributed by atoms with Gasteiger partial charge in [-0.05, 0) is 57.0 Å². The third-order valence-electron chi connectivity index (χ3n) is 4.68. The maximum absolute atomic E-state index is 12.8. The fraction of sp³-hybridized carbons (Fsp3) is 0.389. The van der Waals surface area contributed by atoms with Crippen LogP contribution in [0.1, 0.15) is 35.8 Å². The molecule has 6 nitrogen and oxygen atoms in total. The molecule has 0 bridgehead atoms. The van der Waals surface area contributed by atoms with Crippen LogP contribution in [0.15, 0.2) is 36.5 Å². The van der Waals surface area contributed by atoms with Gasteiger partial charge in [0, 0.05) is 30.0 Å². The topological polar surface area (TPSA) is 75.4 Å². The molecule has 1 saturated heterocycles. The summed E-state index contributed by atoms with van der Waals surface area (Å²) in [6, 6.07) is 9.24. The molecule has 2 unspecified atom stereocenters.